The molecule has 8 heteroatoms. The van der Waals surface area contributed by atoms with E-state index in [1.165, 1.54) is 12.2 Å². The fourth-order valence-electron chi connectivity index (χ4n) is 5.69. The summed E-state index contributed by atoms with van der Waals surface area (Å²) in [5, 5.41) is 14.0. The number of allylic oxidation sites excluding steroid dienone is 5. The van der Waals surface area contributed by atoms with E-state index in [2.05, 4.69) is 39.5 Å². The van der Waals surface area contributed by atoms with E-state index >= 15 is 0 Å². The molecule has 2 aromatic rings. The molecule has 3 heterocycles. The van der Waals surface area contributed by atoms with Gasteiger partial charge in [0.2, 0.25) is 5.91 Å². The van der Waals surface area contributed by atoms with Crippen molar-refractivity contribution in [2.45, 2.75) is 12.6 Å². The number of fused-ring (bicyclic) bond motifs is 1. The molecule has 2 atom stereocenters. The highest BCUT2D eigenvalue weighted by Gasteiger charge is 2.34. The van der Waals surface area contributed by atoms with Gasteiger partial charge < -0.3 is 15.1 Å². The van der Waals surface area contributed by atoms with E-state index in [1.807, 2.05) is 53.4 Å². The maximum Gasteiger partial charge on any atom is 0.230 e. The summed E-state index contributed by atoms with van der Waals surface area (Å²) in [7, 11) is 0. The molecule has 2 aromatic carbocycles. The number of halogens is 2. The lowest BCUT2D eigenvalue weighted by molar-refractivity contribution is -0.135. The van der Waals surface area contributed by atoms with Gasteiger partial charge in [0.25, 0.3) is 0 Å². The number of hydrogen-bond donors (Lipinski definition) is 1. The first-order valence-corrected chi connectivity index (χ1v) is 13.9. The van der Waals surface area contributed by atoms with E-state index in [-0.39, 0.29) is 17.9 Å². The smallest absolute Gasteiger partial charge is 0.230 e. The van der Waals surface area contributed by atoms with Crippen LogP contribution in [-0.4, -0.2) is 59.5 Å². The van der Waals surface area contributed by atoms with Crippen LogP contribution in [-0.2, 0) is 4.79 Å². The number of benzene rings is 2. The van der Waals surface area contributed by atoms with E-state index in [4.69, 9.17) is 11.6 Å². The largest absolute Gasteiger partial charge is 0.360 e. The molecule has 2 unspecified atom stereocenters. The fourth-order valence-corrected chi connectivity index (χ4v) is 5.82. The van der Waals surface area contributed by atoms with Gasteiger partial charge in [-0.1, -0.05) is 54.1 Å². The maximum atomic E-state index is 13.7. The van der Waals surface area contributed by atoms with Crippen molar-refractivity contribution in [3.8, 4) is 6.07 Å². The number of hydrogen-bond acceptors (Lipinski definition) is 5. The van der Waals surface area contributed by atoms with Crippen molar-refractivity contribution in [2.24, 2.45) is 5.92 Å². The molecule has 202 valence electrons. The van der Waals surface area contributed by atoms with Gasteiger partial charge in [0.05, 0.1) is 28.9 Å². The lowest BCUT2D eigenvalue weighted by atomic mass is 9.98. The van der Waals surface area contributed by atoms with Crippen LogP contribution in [0.15, 0.2) is 96.6 Å². The molecular formula is C32H29ClFN5O. The molecule has 1 amide bonds. The zero-order chi connectivity index (χ0) is 27.6. The first-order chi connectivity index (χ1) is 19.5. The number of piperazine rings is 1. The Morgan fingerprint density at radius 3 is 2.60 bits per heavy atom. The third kappa shape index (κ3) is 5.21. The van der Waals surface area contributed by atoms with E-state index in [9.17, 15) is 14.4 Å². The Labute approximate surface area is 238 Å². The number of amides is 1. The molecule has 4 aliphatic rings. The highest BCUT2D eigenvalue weighted by molar-refractivity contribution is 6.30. The predicted molar refractivity (Wildman–Crippen MR) is 155 cm³/mol. The Morgan fingerprint density at radius 1 is 1.07 bits per heavy atom. The topological polar surface area (TPSA) is 62.6 Å². The second kappa shape index (κ2) is 11.2. The molecule has 3 aliphatic heterocycles. The van der Waals surface area contributed by atoms with E-state index in [0.29, 0.717) is 36.6 Å². The van der Waals surface area contributed by atoms with Gasteiger partial charge in [-0.25, -0.2) is 4.39 Å². The Hall–Kier alpha value is -4.12. The van der Waals surface area contributed by atoms with Crippen LogP contribution < -0.4 is 5.32 Å². The van der Waals surface area contributed by atoms with Crippen molar-refractivity contribution >= 4 is 28.8 Å². The summed E-state index contributed by atoms with van der Waals surface area (Å²) in [6, 6.07) is 17.8. The van der Waals surface area contributed by atoms with Crippen molar-refractivity contribution in [2.75, 3.05) is 32.7 Å². The van der Waals surface area contributed by atoms with Gasteiger partial charge in [-0.15, -0.1) is 0 Å². The fraction of sp³-hybridized carbons (Fsp3) is 0.250. The second-order valence-electron chi connectivity index (χ2n) is 10.3. The van der Waals surface area contributed by atoms with Crippen LogP contribution in [0.2, 0.25) is 5.02 Å². The summed E-state index contributed by atoms with van der Waals surface area (Å²) < 4.78 is 13.7. The molecule has 0 spiro atoms. The quantitative estimate of drug-likeness (QED) is 0.545. The van der Waals surface area contributed by atoms with E-state index in [1.54, 1.807) is 6.08 Å². The van der Waals surface area contributed by atoms with Crippen molar-refractivity contribution in [1.29, 1.82) is 5.26 Å². The molecule has 6 nitrogen and oxygen atoms in total. The van der Waals surface area contributed by atoms with Crippen LogP contribution in [0.1, 0.15) is 23.1 Å². The van der Waals surface area contributed by atoms with Crippen molar-refractivity contribution < 1.29 is 9.18 Å². The van der Waals surface area contributed by atoms with Gasteiger partial charge in [-0.05, 0) is 54.0 Å². The molecule has 1 saturated heterocycles. The van der Waals surface area contributed by atoms with Crippen LogP contribution in [0.25, 0.3) is 11.3 Å². The average Bonchev–Trinajstić information content (AvgIpc) is 3.34. The maximum absolute atomic E-state index is 13.7. The van der Waals surface area contributed by atoms with Gasteiger partial charge in [-0.2, -0.15) is 5.26 Å². The Kier molecular flexibility index (Phi) is 7.29. The first kappa shape index (κ1) is 26.1. The van der Waals surface area contributed by atoms with Gasteiger partial charge in [0, 0.05) is 49.5 Å². The van der Waals surface area contributed by atoms with Gasteiger partial charge in [0.15, 0.2) is 0 Å². The number of rotatable bonds is 5. The third-order valence-electron chi connectivity index (χ3n) is 7.82. The number of nitriles is 1. The molecule has 40 heavy (non-hydrogen) atoms. The number of carbonyl (C=O) groups is 1. The summed E-state index contributed by atoms with van der Waals surface area (Å²) in [4.78, 5) is 19.5. The van der Waals surface area contributed by atoms with Crippen LogP contribution in [0, 0.1) is 17.2 Å². The standard InChI is InChI=1S/C32H29ClFN5O/c33-26-11-8-22(9-12-26)31-29(21-37-14-16-38(17-15-37)32(40)23-5-3-6-27(34)18-23)39-20-25(10-13-30(39)36-31)28-7-2-1-4-24(28)19-35/h1-4,6-13,18,20,23,30,36H,5,14-17,21H2. The zero-order valence-corrected chi connectivity index (χ0v) is 22.7. The summed E-state index contributed by atoms with van der Waals surface area (Å²) >= 11 is 6.19. The SMILES string of the molecule is N#Cc1ccccc1C1=CN2C(CN3CCN(C(=O)C4C=C(F)C=CC4)CC3)=C(c3ccc(Cl)cc3)NC2C=C1. The number of nitrogens with zero attached hydrogens (tertiary/aromatic N) is 4. The molecule has 1 N–H and O–H groups in total. The molecular weight excluding hydrogens is 525 g/mol. The molecule has 1 fully saturated rings. The van der Waals surface area contributed by atoms with Crippen LogP contribution >= 0.6 is 11.6 Å². The Morgan fingerprint density at radius 2 is 1.85 bits per heavy atom. The lowest BCUT2D eigenvalue weighted by Gasteiger charge is -2.37. The van der Waals surface area contributed by atoms with E-state index in [0.717, 1.165) is 41.2 Å². The highest BCUT2D eigenvalue weighted by atomic mass is 35.5. The van der Waals surface area contributed by atoms with E-state index < -0.39 is 5.92 Å². The minimum atomic E-state index is -0.421. The van der Waals surface area contributed by atoms with Crippen molar-refractivity contribution in [3.63, 3.8) is 0 Å². The third-order valence-corrected chi connectivity index (χ3v) is 8.07. The van der Waals surface area contributed by atoms with Crippen molar-refractivity contribution in [3.05, 3.63) is 118 Å². The number of nitrogens with one attached hydrogen (secondary N) is 1. The average molecular weight is 554 g/mol. The summed E-state index contributed by atoms with van der Waals surface area (Å²) in [5.41, 5.74) is 5.70. The molecule has 0 bridgehead atoms. The minimum Gasteiger partial charge on any atom is -0.360 e. The molecule has 6 rings (SSSR count). The zero-order valence-electron chi connectivity index (χ0n) is 21.9. The summed E-state index contributed by atoms with van der Waals surface area (Å²) in [6.07, 6.45) is 11.4. The molecule has 0 radical (unpaired) electrons. The highest BCUT2D eigenvalue weighted by Crippen LogP contribution is 2.35. The van der Waals surface area contributed by atoms with Gasteiger partial charge in [-0.3, -0.25) is 9.69 Å². The van der Waals surface area contributed by atoms with Gasteiger partial charge >= 0.3 is 0 Å². The number of carbonyl (C=O) groups excluding carboxylic acids is 1. The molecule has 0 saturated carbocycles. The second-order valence-corrected chi connectivity index (χ2v) is 10.8. The molecule has 1 aliphatic carbocycles. The Balaban J connectivity index is 1.25. The molecule has 0 aromatic heterocycles. The van der Waals surface area contributed by atoms with Crippen molar-refractivity contribution in [1.82, 2.24) is 20.0 Å². The van der Waals surface area contributed by atoms with Crippen LogP contribution in [0.5, 0.6) is 0 Å². The first-order valence-electron chi connectivity index (χ1n) is 13.5. The monoisotopic (exact) mass is 553 g/mol. The van der Waals surface area contributed by atoms with Gasteiger partial charge in [0.1, 0.15) is 12.0 Å². The summed E-state index contributed by atoms with van der Waals surface area (Å²) in [6.45, 7) is 3.33. The Bertz CT molecular complexity index is 1510. The minimum absolute atomic E-state index is 0.00674. The van der Waals surface area contributed by atoms with Crippen LogP contribution in [0.3, 0.4) is 0 Å². The summed E-state index contributed by atoms with van der Waals surface area (Å²) in [5.74, 6) is -0.767. The normalized spacial score (nSPS) is 22.4. The van der Waals surface area contributed by atoms with Crippen LogP contribution in [0.4, 0.5) is 4.39 Å². The predicted octanol–water partition coefficient (Wildman–Crippen LogP) is 5.30. The lowest BCUT2D eigenvalue weighted by Crippen LogP contribution is -2.51.